The molecule has 0 saturated carbocycles. The average molecular weight is 304 g/mol. The van der Waals surface area contributed by atoms with E-state index in [-0.39, 0.29) is 18.4 Å². The summed E-state index contributed by atoms with van der Waals surface area (Å²) in [4.78, 5) is 13.6. The Bertz CT molecular complexity index is 486. The highest BCUT2D eigenvalue weighted by Gasteiger charge is 2.29. The van der Waals surface area contributed by atoms with Gasteiger partial charge in [-0.2, -0.15) is 18.3 Å². The van der Waals surface area contributed by atoms with Crippen LogP contribution in [-0.2, 0) is 11.8 Å². The molecule has 0 bridgehead atoms. The van der Waals surface area contributed by atoms with Crippen LogP contribution < -0.4 is 5.32 Å². The lowest BCUT2D eigenvalue weighted by Crippen LogP contribution is -2.45. The molecule has 1 aliphatic rings. The van der Waals surface area contributed by atoms with Gasteiger partial charge in [-0.15, -0.1) is 0 Å². The Morgan fingerprint density at radius 1 is 1.52 bits per heavy atom. The molecule has 5 nitrogen and oxygen atoms in total. The van der Waals surface area contributed by atoms with E-state index >= 15 is 0 Å². The maximum absolute atomic E-state index is 12.0. The Morgan fingerprint density at radius 2 is 2.29 bits per heavy atom. The molecule has 1 unspecified atom stereocenters. The van der Waals surface area contributed by atoms with E-state index < -0.39 is 12.7 Å². The van der Waals surface area contributed by atoms with Gasteiger partial charge in [0, 0.05) is 37.9 Å². The van der Waals surface area contributed by atoms with Crippen molar-refractivity contribution in [2.24, 2.45) is 7.05 Å². The summed E-state index contributed by atoms with van der Waals surface area (Å²) in [5, 5.41) is 6.26. The van der Waals surface area contributed by atoms with E-state index in [0.29, 0.717) is 13.1 Å². The molecule has 21 heavy (non-hydrogen) atoms. The first-order valence-electron chi connectivity index (χ1n) is 6.90. The van der Waals surface area contributed by atoms with Crippen molar-refractivity contribution in [1.29, 1.82) is 0 Å². The molecule has 1 N–H and O–H groups in total. The third kappa shape index (κ3) is 4.45. The van der Waals surface area contributed by atoms with Crippen LogP contribution in [0.15, 0.2) is 12.3 Å². The third-order valence-electron chi connectivity index (χ3n) is 3.65. The summed E-state index contributed by atoms with van der Waals surface area (Å²) in [5.74, 6) is -0.0936. The summed E-state index contributed by atoms with van der Waals surface area (Å²) < 4.78 is 37.9. The molecule has 1 aromatic rings. The van der Waals surface area contributed by atoms with Crippen LogP contribution in [0.5, 0.6) is 0 Å². The lowest BCUT2D eigenvalue weighted by Gasteiger charge is -2.33. The molecule has 0 radical (unpaired) electrons. The van der Waals surface area contributed by atoms with Crippen LogP contribution in [0.4, 0.5) is 13.2 Å². The molecule has 1 fully saturated rings. The predicted molar refractivity (Wildman–Crippen MR) is 70.7 cm³/mol. The maximum Gasteiger partial charge on any atom is 0.401 e. The van der Waals surface area contributed by atoms with Gasteiger partial charge in [0.2, 0.25) is 5.91 Å². The minimum Gasteiger partial charge on any atom is -0.341 e. The van der Waals surface area contributed by atoms with Crippen LogP contribution in [0.1, 0.15) is 24.5 Å². The van der Waals surface area contributed by atoms with E-state index in [1.807, 2.05) is 13.1 Å². The van der Waals surface area contributed by atoms with Crippen LogP contribution in [0.25, 0.3) is 0 Å². The summed E-state index contributed by atoms with van der Waals surface area (Å²) in [5.41, 5.74) is 1.05. The number of likely N-dealkylation sites (tertiary alicyclic amines) is 1. The Balaban J connectivity index is 1.86. The minimum absolute atomic E-state index is 0.192. The standard InChI is InChI=1S/C13H19F3N4O/c1-19-11(4-5-18-19)10-3-2-6-20(8-10)12(21)7-17-9-13(14,15)16/h4-5,10,17H,2-3,6-9H2,1H3. The van der Waals surface area contributed by atoms with Gasteiger partial charge in [0.15, 0.2) is 0 Å². The highest BCUT2D eigenvalue weighted by atomic mass is 19.4. The Morgan fingerprint density at radius 3 is 2.90 bits per heavy atom. The number of nitrogens with one attached hydrogen (secondary N) is 1. The van der Waals surface area contributed by atoms with Crippen molar-refractivity contribution in [3.63, 3.8) is 0 Å². The van der Waals surface area contributed by atoms with E-state index in [2.05, 4.69) is 10.4 Å². The quantitative estimate of drug-likeness (QED) is 0.911. The first kappa shape index (κ1) is 15.8. The van der Waals surface area contributed by atoms with Crippen molar-refractivity contribution in [3.05, 3.63) is 18.0 Å². The van der Waals surface area contributed by atoms with Gasteiger partial charge in [-0.25, -0.2) is 0 Å². The zero-order valence-corrected chi connectivity index (χ0v) is 11.9. The molecule has 8 heteroatoms. The fourth-order valence-corrected chi connectivity index (χ4v) is 2.65. The number of aromatic nitrogens is 2. The zero-order valence-electron chi connectivity index (χ0n) is 11.9. The van der Waals surface area contributed by atoms with E-state index in [0.717, 1.165) is 18.5 Å². The van der Waals surface area contributed by atoms with Gasteiger partial charge in [0.25, 0.3) is 0 Å². The normalized spacial score (nSPS) is 19.8. The minimum atomic E-state index is -4.29. The van der Waals surface area contributed by atoms with E-state index in [1.54, 1.807) is 15.8 Å². The second-order valence-corrected chi connectivity index (χ2v) is 5.28. The lowest BCUT2D eigenvalue weighted by atomic mass is 9.94. The molecular weight excluding hydrogens is 285 g/mol. The summed E-state index contributed by atoms with van der Waals surface area (Å²) >= 11 is 0. The number of hydrogen-bond donors (Lipinski definition) is 1. The molecule has 1 aromatic heterocycles. The number of hydrogen-bond acceptors (Lipinski definition) is 3. The van der Waals surface area contributed by atoms with E-state index in [4.69, 9.17) is 0 Å². The molecule has 1 saturated heterocycles. The van der Waals surface area contributed by atoms with Crippen molar-refractivity contribution in [2.75, 3.05) is 26.2 Å². The van der Waals surface area contributed by atoms with Gasteiger partial charge < -0.3 is 10.2 Å². The van der Waals surface area contributed by atoms with Crippen molar-refractivity contribution in [3.8, 4) is 0 Å². The van der Waals surface area contributed by atoms with E-state index in [1.165, 1.54) is 0 Å². The number of carbonyl (C=O) groups is 1. The lowest BCUT2D eigenvalue weighted by molar-refractivity contribution is -0.135. The van der Waals surface area contributed by atoms with Crippen LogP contribution in [0, 0.1) is 0 Å². The monoisotopic (exact) mass is 304 g/mol. The van der Waals surface area contributed by atoms with Gasteiger partial charge in [0.05, 0.1) is 13.1 Å². The Hall–Kier alpha value is -1.57. The summed E-state index contributed by atoms with van der Waals surface area (Å²) in [6.07, 6.45) is -0.777. The van der Waals surface area contributed by atoms with Crippen molar-refractivity contribution in [1.82, 2.24) is 20.0 Å². The fraction of sp³-hybridized carbons (Fsp3) is 0.692. The summed E-state index contributed by atoms with van der Waals surface area (Å²) in [6, 6.07) is 1.92. The smallest absolute Gasteiger partial charge is 0.341 e. The number of aryl methyl sites for hydroxylation is 1. The van der Waals surface area contributed by atoms with Crippen LogP contribution in [0.2, 0.25) is 0 Å². The third-order valence-corrected chi connectivity index (χ3v) is 3.65. The highest BCUT2D eigenvalue weighted by molar-refractivity contribution is 5.78. The second-order valence-electron chi connectivity index (χ2n) is 5.28. The van der Waals surface area contributed by atoms with Gasteiger partial charge in [-0.3, -0.25) is 9.48 Å². The Kier molecular flexibility index (Phi) is 4.87. The maximum atomic E-state index is 12.0. The number of carbonyl (C=O) groups excluding carboxylic acids is 1. The predicted octanol–water partition coefficient (Wildman–Crippen LogP) is 1.28. The SMILES string of the molecule is Cn1nccc1C1CCCN(C(=O)CNCC(F)(F)F)C1. The number of piperidine rings is 1. The molecule has 1 aliphatic heterocycles. The number of rotatable bonds is 4. The molecule has 0 aromatic carbocycles. The molecular formula is C13H19F3N4O. The molecule has 1 amide bonds. The van der Waals surface area contributed by atoms with Crippen LogP contribution in [-0.4, -0.2) is 52.9 Å². The summed E-state index contributed by atoms with van der Waals surface area (Å²) in [6.45, 7) is -0.289. The topological polar surface area (TPSA) is 50.2 Å². The van der Waals surface area contributed by atoms with E-state index in [9.17, 15) is 18.0 Å². The van der Waals surface area contributed by atoms with Crippen LogP contribution in [0.3, 0.4) is 0 Å². The molecule has 1 atom stereocenters. The first-order chi connectivity index (χ1) is 9.87. The largest absolute Gasteiger partial charge is 0.401 e. The van der Waals surface area contributed by atoms with Gasteiger partial charge in [-0.1, -0.05) is 0 Å². The second kappa shape index (κ2) is 6.46. The number of amides is 1. The van der Waals surface area contributed by atoms with Crippen LogP contribution >= 0.6 is 0 Å². The summed E-state index contributed by atoms with van der Waals surface area (Å²) in [7, 11) is 1.85. The molecule has 0 spiro atoms. The number of nitrogens with zero attached hydrogens (tertiary/aromatic N) is 3. The molecule has 2 heterocycles. The number of halogens is 3. The molecule has 0 aliphatic carbocycles. The van der Waals surface area contributed by atoms with Gasteiger partial charge in [0.1, 0.15) is 0 Å². The molecule has 2 rings (SSSR count). The van der Waals surface area contributed by atoms with Crippen molar-refractivity contribution < 1.29 is 18.0 Å². The Labute approximate surface area is 121 Å². The average Bonchev–Trinajstić information content (AvgIpc) is 2.83. The van der Waals surface area contributed by atoms with Gasteiger partial charge in [-0.05, 0) is 18.9 Å². The first-order valence-corrected chi connectivity index (χ1v) is 6.90. The molecule has 118 valence electrons. The van der Waals surface area contributed by atoms with Crippen molar-refractivity contribution in [2.45, 2.75) is 24.9 Å². The van der Waals surface area contributed by atoms with Crippen molar-refractivity contribution >= 4 is 5.91 Å². The fourth-order valence-electron chi connectivity index (χ4n) is 2.65. The zero-order chi connectivity index (χ0) is 15.5. The van der Waals surface area contributed by atoms with Gasteiger partial charge >= 0.3 is 6.18 Å². The highest BCUT2D eigenvalue weighted by Crippen LogP contribution is 2.26. The number of alkyl halides is 3.